The second kappa shape index (κ2) is 10.9. The van der Waals surface area contributed by atoms with Crippen molar-refractivity contribution in [2.45, 2.75) is 45.8 Å². The summed E-state index contributed by atoms with van der Waals surface area (Å²) in [6.45, 7) is 7.73. The van der Waals surface area contributed by atoms with Crippen molar-refractivity contribution in [2.75, 3.05) is 26.8 Å². The minimum absolute atomic E-state index is 0.140. The Morgan fingerprint density at radius 3 is 2.32 bits per heavy atom. The van der Waals surface area contributed by atoms with Crippen molar-refractivity contribution in [3.8, 4) is 16.9 Å². The van der Waals surface area contributed by atoms with Crippen molar-refractivity contribution in [3.63, 3.8) is 0 Å². The van der Waals surface area contributed by atoms with E-state index >= 15 is 0 Å². The molecule has 34 heavy (non-hydrogen) atoms. The van der Waals surface area contributed by atoms with Gasteiger partial charge in [-0.2, -0.15) is 0 Å². The molecule has 2 aromatic rings. The first kappa shape index (κ1) is 25.5. The highest BCUT2D eigenvalue weighted by molar-refractivity contribution is 5.93. The van der Waals surface area contributed by atoms with Gasteiger partial charge < -0.3 is 24.8 Å². The number of piperidine rings is 1. The average Bonchev–Trinajstić information content (AvgIpc) is 2.77. The molecule has 0 aromatic heterocycles. The molecule has 1 fully saturated rings. The summed E-state index contributed by atoms with van der Waals surface area (Å²) in [4.78, 5) is 25.3. The molecule has 0 unspecified atom stereocenters. The Balaban J connectivity index is 1.63. The molecule has 0 radical (unpaired) electrons. The van der Waals surface area contributed by atoms with Gasteiger partial charge >= 0.3 is 6.09 Å². The lowest BCUT2D eigenvalue weighted by Gasteiger charge is -2.33. The maximum absolute atomic E-state index is 14.2. The molecule has 2 amide bonds. The van der Waals surface area contributed by atoms with Gasteiger partial charge in [0.05, 0.1) is 18.8 Å². The summed E-state index contributed by atoms with van der Waals surface area (Å²) < 4.78 is 31.1. The molecule has 1 aliphatic heterocycles. The maximum atomic E-state index is 14.2. The number of methoxy groups -OCH3 is 1. The van der Waals surface area contributed by atoms with Gasteiger partial charge in [0.25, 0.3) is 5.91 Å². The smallest absolute Gasteiger partial charge is 0.410 e. The molecule has 1 saturated heterocycles. The van der Waals surface area contributed by atoms with E-state index in [9.17, 15) is 14.0 Å². The van der Waals surface area contributed by atoms with E-state index in [1.165, 1.54) is 12.1 Å². The molecular formula is C26H33FN2O5. The van der Waals surface area contributed by atoms with Crippen molar-refractivity contribution >= 4 is 12.0 Å². The SMILES string of the molecule is COCc1cc(-c2ccc(C(N)=O)c(F)c2)ccc1OCC1CCN(C(=O)OC(C)(C)C)CC1. The predicted molar refractivity (Wildman–Crippen MR) is 127 cm³/mol. The van der Waals surface area contributed by atoms with Crippen molar-refractivity contribution in [1.82, 2.24) is 4.90 Å². The number of carbonyl (C=O) groups is 2. The Bertz CT molecular complexity index is 1030. The van der Waals surface area contributed by atoms with E-state index in [-0.39, 0.29) is 11.7 Å². The van der Waals surface area contributed by atoms with Crippen LogP contribution >= 0.6 is 0 Å². The molecule has 8 heteroatoms. The lowest BCUT2D eigenvalue weighted by Crippen LogP contribution is -2.42. The van der Waals surface area contributed by atoms with Crippen LogP contribution in [0, 0.1) is 11.7 Å². The van der Waals surface area contributed by atoms with Crippen LogP contribution < -0.4 is 10.5 Å². The Morgan fingerprint density at radius 1 is 1.09 bits per heavy atom. The summed E-state index contributed by atoms with van der Waals surface area (Å²) in [5.41, 5.74) is 6.79. The van der Waals surface area contributed by atoms with E-state index in [2.05, 4.69) is 0 Å². The fraction of sp³-hybridized carbons (Fsp3) is 0.462. The van der Waals surface area contributed by atoms with E-state index < -0.39 is 17.3 Å². The van der Waals surface area contributed by atoms with Crippen LogP contribution in [0.4, 0.5) is 9.18 Å². The number of likely N-dealkylation sites (tertiary alicyclic amines) is 1. The number of hydrogen-bond acceptors (Lipinski definition) is 5. The van der Waals surface area contributed by atoms with Crippen LogP contribution in [0.5, 0.6) is 5.75 Å². The zero-order valence-corrected chi connectivity index (χ0v) is 20.2. The largest absolute Gasteiger partial charge is 0.493 e. The average molecular weight is 473 g/mol. The molecule has 0 saturated carbocycles. The first-order valence-corrected chi connectivity index (χ1v) is 11.4. The predicted octanol–water partition coefficient (Wildman–Crippen LogP) is 4.76. The number of ether oxygens (including phenoxy) is 3. The Morgan fingerprint density at radius 2 is 1.74 bits per heavy atom. The van der Waals surface area contributed by atoms with Gasteiger partial charge in [-0.25, -0.2) is 9.18 Å². The summed E-state index contributed by atoms with van der Waals surface area (Å²) in [5.74, 6) is -0.431. The highest BCUT2D eigenvalue weighted by Gasteiger charge is 2.27. The molecule has 184 valence electrons. The van der Waals surface area contributed by atoms with E-state index in [0.717, 1.165) is 24.0 Å². The van der Waals surface area contributed by atoms with Crippen LogP contribution in [0.15, 0.2) is 36.4 Å². The first-order chi connectivity index (χ1) is 16.1. The molecule has 0 spiro atoms. The molecule has 2 aromatic carbocycles. The first-order valence-electron chi connectivity index (χ1n) is 11.4. The highest BCUT2D eigenvalue weighted by atomic mass is 19.1. The van der Waals surface area contributed by atoms with Crippen LogP contribution in [0.25, 0.3) is 11.1 Å². The van der Waals surface area contributed by atoms with E-state index in [0.29, 0.717) is 43.5 Å². The zero-order chi connectivity index (χ0) is 24.9. The lowest BCUT2D eigenvalue weighted by molar-refractivity contribution is 0.0164. The molecule has 7 nitrogen and oxygen atoms in total. The second-order valence-corrected chi connectivity index (χ2v) is 9.54. The Kier molecular flexibility index (Phi) is 8.15. The Hall–Kier alpha value is -3.13. The number of halogens is 1. The van der Waals surface area contributed by atoms with Gasteiger partial charge in [-0.05, 0) is 74.9 Å². The number of amides is 2. The van der Waals surface area contributed by atoms with Crippen LogP contribution in [-0.4, -0.2) is 49.3 Å². The maximum Gasteiger partial charge on any atom is 0.410 e. The van der Waals surface area contributed by atoms with Gasteiger partial charge in [0.15, 0.2) is 0 Å². The second-order valence-electron chi connectivity index (χ2n) is 9.54. The minimum Gasteiger partial charge on any atom is -0.493 e. The third-order valence-corrected chi connectivity index (χ3v) is 5.67. The van der Waals surface area contributed by atoms with Crippen molar-refractivity contribution in [1.29, 1.82) is 0 Å². The van der Waals surface area contributed by atoms with E-state index in [1.807, 2.05) is 39.0 Å². The number of nitrogens with two attached hydrogens (primary N) is 1. The van der Waals surface area contributed by atoms with Crippen LogP contribution in [0.3, 0.4) is 0 Å². The number of carbonyl (C=O) groups excluding carboxylic acids is 2. The monoisotopic (exact) mass is 472 g/mol. The zero-order valence-electron chi connectivity index (χ0n) is 20.2. The highest BCUT2D eigenvalue weighted by Crippen LogP contribution is 2.30. The summed E-state index contributed by atoms with van der Waals surface area (Å²) >= 11 is 0. The van der Waals surface area contributed by atoms with Crippen LogP contribution in [0.1, 0.15) is 49.5 Å². The Labute approximate surface area is 200 Å². The molecule has 3 rings (SSSR count). The van der Waals surface area contributed by atoms with Gasteiger partial charge in [-0.1, -0.05) is 12.1 Å². The van der Waals surface area contributed by atoms with Gasteiger partial charge in [0.1, 0.15) is 17.2 Å². The number of benzene rings is 2. The molecule has 0 aliphatic carbocycles. The number of nitrogens with zero attached hydrogens (tertiary/aromatic N) is 1. The normalized spacial score (nSPS) is 14.7. The molecular weight excluding hydrogens is 439 g/mol. The fourth-order valence-corrected chi connectivity index (χ4v) is 3.88. The minimum atomic E-state index is -0.801. The number of primary amides is 1. The molecule has 0 bridgehead atoms. The molecule has 1 heterocycles. The molecule has 2 N–H and O–H groups in total. The lowest BCUT2D eigenvalue weighted by atomic mass is 9.98. The van der Waals surface area contributed by atoms with Gasteiger partial charge in [0, 0.05) is 25.8 Å². The van der Waals surface area contributed by atoms with Gasteiger partial charge in [-0.15, -0.1) is 0 Å². The summed E-state index contributed by atoms with van der Waals surface area (Å²) in [7, 11) is 1.60. The van der Waals surface area contributed by atoms with Crippen molar-refractivity contribution in [2.24, 2.45) is 11.7 Å². The number of rotatable bonds is 7. The summed E-state index contributed by atoms with van der Waals surface area (Å²) in [6, 6.07) is 9.93. The van der Waals surface area contributed by atoms with E-state index in [4.69, 9.17) is 19.9 Å². The van der Waals surface area contributed by atoms with Gasteiger partial charge in [0.2, 0.25) is 0 Å². The topological polar surface area (TPSA) is 91.1 Å². The third-order valence-electron chi connectivity index (χ3n) is 5.67. The van der Waals surface area contributed by atoms with E-state index in [1.54, 1.807) is 18.1 Å². The van der Waals surface area contributed by atoms with Crippen LogP contribution in [-0.2, 0) is 16.1 Å². The van der Waals surface area contributed by atoms with Crippen molar-refractivity contribution < 1.29 is 28.2 Å². The van der Waals surface area contributed by atoms with Crippen molar-refractivity contribution in [3.05, 3.63) is 53.3 Å². The standard InChI is InChI=1S/C26H33FN2O5/c1-26(2,3)34-25(31)29-11-9-17(10-12-29)15-33-23-8-6-18(13-20(23)16-32-4)19-5-7-21(24(28)30)22(27)14-19/h5-8,13-14,17H,9-12,15-16H2,1-4H3,(H2,28,30). The third kappa shape index (κ3) is 6.70. The number of hydrogen-bond donors (Lipinski definition) is 1. The summed E-state index contributed by atoms with van der Waals surface area (Å²) in [5, 5.41) is 0. The summed E-state index contributed by atoms with van der Waals surface area (Å²) in [6.07, 6.45) is 1.40. The molecule has 1 aliphatic rings. The fourth-order valence-electron chi connectivity index (χ4n) is 3.88. The van der Waals surface area contributed by atoms with Gasteiger partial charge in [-0.3, -0.25) is 4.79 Å². The van der Waals surface area contributed by atoms with Crippen LogP contribution in [0.2, 0.25) is 0 Å². The quantitative estimate of drug-likeness (QED) is 0.627. The molecule has 0 atom stereocenters.